The molecule has 1 saturated heterocycles. The largest absolute Gasteiger partial charge is 0.339 e. The van der Waals surface area contributed by atoms with Crippen LogP contribution in [-0.2, 0) is 32.2 Å². The lowest BCUT2D eigenvalue weighted by molar-refractivity contribution is 0.347. The van der Waals surface area contributed by atoms with E-state index in [9.17, 15) is 0 Å². The van der Waals surface area contributed by atoms with Crippen LogP contribution in [0.5, 0.6) is 0 Å². The van der Waals surface area contributed by atoms with Gasteiger partial charge in [0.15, 0.2) is 5.82 Å². The third-order valence-electron chi connectivity index (χ3n) is 5.34. The molecule has 6 nitrogen and oxygen atoms in total. The average molecular weight is 329 g/mol. The molecule has 0 spiro atoms. The van der Waals surface area contributed by atoms with Crippen molar-refractivity contribution in [1.29, 1.82) is 0 Å². The first-order chi connectivity index (χ1) is 11.9. The number of nitrogens with zero attached hydrogens (tertiary/aromatic N) is 4. The van der Waals surface area contributed by atoms with Crippen LogP contribution in [0, 0.1) is 5.92 Å². The van der Waals surface area contributed by atoms with Crippen molar-refractivity contribution in [2.45, 2.75) is 64.3 Å². The second kappa shape index (κ2) is 7.47. The Kier molecular flexibility index (Phi) is 4.92. The van der Waals surface area contributed by atoms with E-state index >= 15 is 0 Å². The van der Waals surface area contributed by atoms with Crippen LogP contribution in [0.1, 0.15) is 55.3 Å². The molecule has 24 heavy (non-hydrogen) atoms. The summed E-state index contributed by atoms with van der Waals surface area (Å²) in [4.78, 5) is 9.21. The highest BCUT2D eigenvalue weighted by Gasteiger charge is 2.18. The van der Waals surface area contributed by atoms with Crippen LogP contribution < -0.4 is 5.32 Å². The van der Waals surface area contributed by atoms with E-state index < -0.39 is 0 Å². The lowest BCUT2D eigenvalue weighted by atomic mass is 9.94. The molecule has 0 bridgehead atoms. The molecule has 2 aromatic rings. The van der Waals surface area contributed by atoms with E-state index in [1.54, 1.807) is 0 Å². The van der Waals surface area contributed by atoms with Crippen LogP contribution in [0.3, 0.4) is 0 Å². The van der Waals surface area contributed by atoms with Crippen LogP contribution in [-0.4, -0.2) is 32.8 Å². The zero-order valence-corrected chi connectivity index (χ0v) is 14.3. The van der Waals surface area contributed by atoms with E-state index in [-0.39, 0.29) is 0 Å². The first kappa shape index (κ1) is 15.8. The van der Waals surface area contributed by atoms with Gasteiger partial charge in [-0.1, -0.05) is 11.6 Å². The van der Waals surface area contributed by atoms with Crippen LogP contribution in [0.4, 0.5) is 0 Å². The Morgan fingerprint density at radius 2 is 2.08 bits per heavy atom. The van der Waals surface area contributed by atoms with Gasteiger partial charge in [0.2, 0.25) is 5.89 Å². The monoisotopic (exact) mass is 329 g/mol. The zero-order valence-electron chi connectivity index (χ0n) is 14.3. The van der Waals surface area contributed by atoms with Gasteiger partial charge < -0.3 is 14.4 Å². The van der Waals surface area contributed by atoms with E-state index in [1.807, 2.05) is 6.20 Å². The standard InChI is InChI=1S/C18H27N5O/c1-2-4-17-20-13-15(23(17)11-3-1)5-6-18-21-16(22-24-18)12-14-7-9-19-10-8-14/h13-14,19H,1-12H2. The molecule has 2 aliphatic heterocycles. The Morgan fingerprint density at radius 1 is 1.17 bits per heavy atom. The molecule has 0 amide bonds. The number of hydrogen-bond donors (Lipinski definition) is 1. The van der Waals surface area contributed by atoms with Crippen molar-refractivity contribution in [3.8, 4) is 0 Å². The molecule has 0 unspecified atom stereocenters. The van der Waals surface area contributed by atoms with Crippen molar-refractivity contribution in [2.24, 2.45) is 5.92 Å². The van der Waals surface area contributed by atoms with Gasteiger partial charge in [-0.05, 0) is 51.1 Å². The second-order valence-corrected chi connectivity index (χ2v) is 7.13. The molecular weight excluding hydrogens is 302 g/mol. The molecule has 4 heterocycles. The summed E-state index contributed by atoms with van der Waals surface area (Å²) in [5.74, 6) is 3.59. The molecule has 2 aromatic heterocycles. The fourth-order valence-electron chi connectivity index (χ4n) is 3.91. The van der Waals surface area contributed by atoms with Gasteiger partial charge in [0.1, 0.15) is 5.82 Å². The van der Waals surface area contributed by atoms with E-state index in [0.717, 1.165) is 57.0 Å². The van der Waals surface area contributed by atoms with Crippen molar-refractivity contribution in [3.05, 3.63) is 29.4 Å². The third kappa shape index (κ3) is 3.69. The van der Waals surface area contributed by atoms with Gasteiger partial charge >= 0.3 is 0 Å². The number of imidazole rings is 1. The summed E-state index contributed by atoms with van der Waals surface area (Å²) in [6.45, 7) is 3.33. The number of nitrogens with one attached hydrogen (secondary N) is 1. The molecule has 2 aliphatic rings. The highest BCUT2D eigenvalue weighted by atomic mass is 16.5. The maximum absolute atomic E-state index is 5.47. The van der Waals surface area contributed by atoms with Gasteiger partial charge in [0.05, 0.1) is 0 Å². The zero-order chi connectivity index (χ0) is 16.2. The number of piperidine rings is 1. The SMILES string of the molecule is c1nc2n(c1CCc1nc(CC3CCNCC3)no1)CCCCC2. The van der Waals surface area contributed by atoms with Crippen molar-refractivity contribution in [1.82, 2.24) is 25.0 Å². The predicted octanol–water partition coefficient (Wildman–Crippen LogP) is 2.32. The Hall–Kier alpha value is -1.69. The minimum absolute atomic E-state index is 0.697. The summed E-state index contributed by atoms with van der Waals surface area (Å²) in [5.41, 5.74) is 1.31. The molecule has 4 rings (SSSR count). The van der Waals surface area contributed by atoms with Crippen molar-refractivity contribution in [2.75, 3.05) is 13.1 Å². The minimum Gasteiger partial charge on any atom is -0.339 e. The van der Waals surface area contributed by atoms with Gasteiger partial charge in [0.25, 0.3) is 0 Å². The minimum atomic E-state index is 0.697. The van der Waals surface area contributed by atoms with Crippen molar-refractivity contribution in [3.63, 3.8) is 0 Å². The van der Waals surface area contributed by atoms with Gasteiger partial charge in [0, 0.05) is 37.7 Å². The Balaban J connectivity index is 1.34. The van der Waals surface area contributed by atoms with Crippen LogP contribution >= 0.6 is 0 Å². The summed E-state index contributed by atoms with van der Waals surface area (Å²) >= 11 is 0. The molecule has 130 valence electrons. The van der Waals surface area contributed by atoms with E-state index in [1.165, 1.54) is 43.6 Å². The molecule has 1 N–H and O–H groups in total. The van der Waals surface area contributed by atoms with Crippen LogP contribution in [0.15, 0.2) is 10.7 Å². The maximum atomic E-state index is 5.47. The molecule has 0 aliphatic carbocycles. The highest BCUT2D eigenvalue weighted by Crippen LogP contribution is 2.19. The fraction of sp³-hybridized carbons (Fsp3) is 0.722. The van der Waals surface area contributed by atoms with Crippen LogP contribution in [0.2, 0.25) is 0 Å². The average Bonchev–Trinajstić information content (AvgIpc) is 3.14. The Morgan fingerprint density at radius 3 is 3.00 bits per heavy atom. The smallest absolute Gasteiger partial charge is 0.227 e. The number of fused-ring (bicyclic) bond motifs is 1. The summed E-state index contributed by atoms with van der Waals surface area (Å²) < 4.78 is 7.87. The first-order valence-electron chi connectivity index (χ1n) is 9.44. The maximum Gasteiger partial charge on any atom is 0.227 e. The molecule has 1 fully saturated rings. The summed E-state index contributed by atoms with van der Waals surface area (Å²) in [7, 11) is 0. The Labute approximate surface area is 143 Å². The summed E-state index contributed by atoms with van der Waals surface area (Å²) in [6, 6.07) is 0. The number of aryl methyl sites for hydroxylation is 3. The number of rotatable bonds is 5. The Bertz CT molecular complexity index is 656. The normalized spacial score (nSPS) is 19.2. The summed E-state index contributed by atoms with van der Waals surface area (Å²) in [6.07, 6.45) is 12.1. The molecular formula is C18H27N5O. The van der Waals surface area contributed by atoms with Gasteiger partial charge in [-0.15, -0.1) is 0 Å². The molecule has 0 saturated carbocycles. The lowest BCUT2D eigenvalue weighted by Gasteiger charge is -2.20. The molecule has 0 aromatic carbocycles. The quantitative estimate of drug-likeness (QED) is 0.912. The fourth-order valence-corrected chi connectivity index (χ4v) is 3.91. The first-order valence-corrected chi connectivity index (χ1v) is 9.44. The molecule has 6 heteroatoms. The van der Waals surface area contributed by atoms with Gasteiger partial charge in [-0.25, -0.2) is 4.98 Å². The van der Waals surface area contributed by atoms with Gasteiger partial charge in [-0.3, -0.25) is 0 Å². The van der Waals surface area contributed by atoms with Crippen molar-refractivity contribution < 1.29 is 4.52 Å². The lowest BCUT2D eigenvalue weighted by Crippen LogP contribution is -2.28. The number of hydrogen-bond acceptors (Lipinski definition) is 5. The molecule has 0 radical (unpaired) electrons. The molecule has 0 atom stereocenters. The van der Waals surface area contributed by atoms with Crippen molar-refractivity contribution >= 4 is 0 Å². The van der Waals surface area contributed by atoms with Gasteiger partial charge in [-0.2, -0.15) is 4.98 Å². The summed E-state index contributed by atoms with van der Waals surface area (Å²) in [5, 5.41) is 7.58. The predicted molar refractivity (Wildman–Crippen MR) is 90.8 cm³/mol. The van der Waals surface area contributed by atoms with E-state index in [4.69, 9.17) is 4.52 Å². The van der Waals surface area contributed by atoms with E-state index in [0.29, 0.717) is 5.92 Å². The highest BCUT2D eigenvalue weighted by molar-refractivity contribution is 5.08. The number of aromatic nitrogens is 4. The topological polar surface area (TPSA) is 68.8 Å². The third-order valence-corrected chi connectivity index (χ3v) is 5.34. The van der Waals surface area contributed by atoms with E-state index in [2.05, 4.69) is 25.0 Å². The van der Waals surface area contributed by atoms with Crippen LogP contribution in [0.25, 0.3) is 0 Å². The second-order valence-electron chi connectivity index (χ2n) is 7.13.